The molecule has 3 rings (SSSR count). The third-order valence-electron chi connectivity index (χ3n) is 2.37. The maximum absolute atomic E-state index is 5.76. The van der Waals surface area contributed by atoms with Crippen molar-refractivity contribution >= 4 is 16.9 Å². The van der Waals surface area contributed by atoms with Crippen LogP contribution in [0.2, 0.25) is 0 Å². The maximum Gasteiger partial charge on any atom is 0.188 e. The first kappa shape index (κ1) is 8.84. The first-order chi connectivity index (χ1) is 7.77. The Morgan fingerprint density at radius 2 is 2.31 bits per heavy atom. The molecule has 3 N–H and O–H groups in total. The first-order valence-electron chi connectivity index (χ1n) is 4.73. The number of nitrogens with two attached hydrogens (primary N) is 1. The monoisotopic (exact) mass is 215 g/mol. The average molecular weight is 215 g/mol. The first-order valence-corrected chi connectivity index (χ1v) is 4.73. The number of fused-ring (bicyclic) bond motifs is 1. The van der Waals surface area contributed by atoms with Gasteiger partial charge in [-0.05, 0) is 6.92 Å². The second kappa shape index (κ2) is 3.02. The van der Waals surface area contributed by atoms with Gasteiger partial charge in [-0.15, -0.1) is 0 Å². The van der Waals surface area contributed by atoms with Crippen LogP contribution in [0.1, 0.15) is 5.69 Å². The quantitative estimate of drug-likeness (QED) is 0.613. The van der Waals surface area contributed by atoms with Gasteiger partial charge in [0.25, 0.3) is 0 Å². The van der Waals surface area contributed by atoms with Crippen LogP contribution in [0.15, 0.2) is 18.6 Å². The minimum absolute atomic E-state index is 0.521. The van der Waals surface area contributed by atoms with Crippen molar-refractivity contribution in [2.45, 2.75) is 6.92 Å². The largest absolute Gasteiger partial charge is 0.383 e. The molecule has 7 heteroatoms. The van der Waals surface area contributed by atoms with Crippen molar-refractivity contribution < 1.29 is 0 Å². The molecule has 0 amide bonds. The number of H-pyrrole nitrogens is 1. The summed E-state index contributed by atoms with van der Waals surface area (Å²) in [6.07, 6.45) is 3.12. The van der Waals surface area contributed by atoms with Crippen LogP contribution in [0.3, 0.4) is 0 Å². The minimum atomic E-state index is 0.521. The molecule has 0 aromatic carbocycles. The minimum Gasteiger partial charge on any atom is -0.383 e. The summed E-state index contributed by atoms with van der Waals surface area (Å²) in [5, 5.41) is 12.0. The van der Waals surface area contributed by atoms with Crippen LogP contribution in [0.4, 0.5) is 5.82 Å². The highest BCUT2D eigenvalue weighted by molar-refractivity contribution is 5.89. The molecule has 3 aromatic heterocycles. The summed E-state index contributed by atoms with van der Waals surface area (Å²) >= 11 is 0. The normalized spacial score (nSPS) is 11.1. The Morgan fingerprint density at radius 3 is 3.06 bits per heavy atom. The van der Waals surface area contributed by atoms with E-state index in [0.717, 1.165) is 11.1 Å². The molecule has 0 saturated heterocycles. The summed E-state index contributed by atoms with van der Waals surface area (Å²) in [5.74, 6) is 1.19. The van der Waals surface area contributed by atoms with Gasteiger partial charge in [0, 0.05) is 12.3 Å². The predicted molar refractivity (Wildman–Crippen MR) is 58.0 cm³/mol. The number of hydrogen-bond acceptors (Lipinski definition) is 5. The Morgan fingerprint density at radius 1 is 1.44 bits per heavy atom. The zero-order valence-electron chi connectivity index (χ0n) is 8.55. The van der Waals surface area contributed by atoms with E-state index < -0.39 is 0 Å². The zero-order chi connectivity index (χ0) is 11.1. The Kier molecular flexibility index (Phi) is 1.67. The third kappa shape index (κ3) is 1.08. The average Bonchev–Trinajstić information content (AvgIpc) is 2.83. The van der Waals surface area contributed by atoms with Crippen molar-refractivity contribution in [1.29, 1.82) is 0 Å². The lowest BCUT2D eigenvalue weighted by Gasteiger charge is -1.97. The highest BCUT2D eigenvalue weighted by atomic mass is 15.4. The van der Waals surface area contributed by atoms with Gasteiger partial charge in [-0.3, -0.25) is 5.10 Å². The van der Waals surface area contributed by atoms with Crippen LogP contribution in [-0.2, 0) is 0 Å². The summed E-state index contributed by atoms with van der Waals surface area (Å²) < 4.78 is 1.64. The molecule has 0 aliphatic rings. The Hall–Kier alpha value is -2.44. The highest BCUT2D eigenvalue weighted by Crippen LogP contribution is 2.22. The number of nitrogens with zero attached hydrogens (tertiary/aromatic N) is 5. The zero-order valence-corrected chi connectivity index (χ0v) is 8.55. The SMILES string of the molecule is Cc1nn(-c2ccncn2)c2n[nH]c(N)c12. The number of hydrogen-bond donors (Lipinski definition) is 2. The van der Waals surface area contributed by atoms with Gasteiger partial charge in [-0.25, -0.2) is 9.97 Å². The molecule has 0 atom stereocenters. The molecular weight excluding hydrogens is 206 g/mol. The van der Waals surface area contributed by atoms with E-state index in [2.05, 4.69) is 25.3 Å². The summed E-state index contributed by atoms with van der Waals surface area (Å²) in [6.45, 7) is 1.88. The summed E-state index contributed by atoms with van der Waals surface area (Å²) in [5.41, 5.74) is 7.26. The van der Waals surface area contributed by atoms with Crippen LogP contribution in [0, 0.1) is 6.92 Å². The number of aromatic amines is 1. The van der Waals surface area contributed by atoms with E-state index >= 15 is 0 Å². The van der Waals surface area contributed by atoms with Crippen molar-refractivity contribution in [3.05, 3.63) is 24.3 Å². The lowest BCUT2D eigenvalue weighted by Crippen LogP contribution is -2.00. The van der Waals surface area contributed by atoms with Gasteiger partial charge in [0.1, 0.15) is 12.1 Å². The Labute approximate surface area is 90.3 Å². The van der Waals surface area contributed by atoms with E-state index in [-0.39, 0.29) is 0 Å². The van der Waals surface area contributed by atoms with Gasteiger partial charge in [-0.2, -0.15) is 14.9 Å². The number of nitrogen functional groups attached to an aromatic ring is 1. The lowest BCUT2D eigenvalue weighted by molar-refractivity contribution is 0.831. The van der Waals surface area contributed by atoms with Crippen molar-refractivity contribution in [2.75, 3.05) is 5.73 Å². The van der Waals surface area contributed by atoms with E-state index in [0.29, 0.717) is 17.3 Å². The van der Waals surface area contributed by atoms with Crippen LogP contribution in [-0.4, -0.2) is 29.9 Å². The Bertz CT molecular complexity index is 636. The second-order valence-electron chi connectivity index (χ2n) is 3.40. The second-order valence-corrected chi connectivity index (χ2v) is 3.40. The maximum atomic E-state index is 5.76. The summed E-state index contributed by atoms with van der Waals surface area (Å²) in [6, 6.07) is 1.76. The number of anilines is 1. The molecule has 0 spiro atoms. The number of aromatic nitrogens is 6. The predicted octanol–water partition coefficient (Wildman–Crippen LogP) is 0.429. The van der Waals surface area contributed by atoms with E-state index in [9.17, 15) is 0 Å². The van der Waals surface area contributed by atoms with E-state index in [1.54, 1.807) is 16.9 Å². The van der Waals surface area contributed by atoms with E-state index in [4.69, 9.17) is 5.73 Å². The fraction of sp³-hybridized carbons (Fsp3) is 0.111. The molecule has 80 valence electrons. The van der Waals surface area contributed by atoms with Gasteiger partial charge < -0.3 is 5.73 Å². The van der Waals surface area contributed by atoms with Crippen LogP contribution >= 0.6 is 0 Å². The number of aryl methyl sites for hydroxylation is 1. The number of rotatable bonds is 1. The smallest absolute Gasteiger partial charge is 0.188 e. The molecule has 7 nitrogen and oxygen atoms in total. The van der Waals surface area contributed by atoms with Gasteiger partial charge >= 0.3 is 0 Å². The van der Waals surface area contributed by atoms with Crippen molar-refractivity contribution in [1.82, 2.24) is 29.9 Å². The fourth-order valence-corrected chi connectivity index (χ4v) is 1.67. The standard InChI is InChI=1S/C9H9N7/c1-5-7-8(10)13-14-9(7)16(15-5)6-2-3-11-4-12-6/h2-4H,1H3,(H3,10,13,14). The van der Waals surface area contributed by atoms with Crippen molar-refractivity contribution in [2.24, 2.45) is 0 Å². The molecule has 3 heterocycles. The molecule has 0 radical (unpaired) electrons. The van der Waals surface area contributed by atoms with E-state index in [1.807, 2.05) is 6.92 Å². The summed E-state index contributed by atoms with van der Waals surface area (Å²) in [7, 11) is 0. The highest BCUT2D eigenvalue weighted by Gasteiger charge is 2.14. The van der Waals surface area contributed by atoms with E-state index in [1.165, 1.54) is 6.33 Å². The molecule has 0 saturated carbocycles. The molecule has 16 heavy (non-hydrogen) atoms. The lowest BCUT2D eigenvalue weighted by atomic mass is 10.3. The van der Waals surface area contributed by atoms with Gasteiger partial charge in [-0.1, -0.05) is 0 Å². The number of nitrogens with one attached hydrogen (secondary N) is 1. The molecule has 0 fully saturated rings. The van der Waals surface area contributed by atoms with Crippen LogP contribution in [0.25, 0.3) is 16.9 Å². The Balaban J connectivity index is 2.33. The van der Waals surface area contributed by atoms with Crippen LogP contribution in [0.5, 0.6) is 0 Å². The molecular formula is C9H9N7. The molecule has 0 unspecified atom stereocenters. The van der Waals surface area contributed by atoms with Gasteiger partial charge in [0.2, 0.25) is 0 Å². The van der Waals surface area contributed by atoms with Gasteiger partial charge in [0.05, 0.1) is 11.1 Å². The fourth-order valence-electron chi connectivity index (χ4n) is 1.67. The molecule has 0 aliphatic carbocycles. The van der Waals surface area contributed by atoms with Crippen LogP contribution < -0.4 is 5.73 Å². The van der Waals surface area contributed by atoms with Crippen molar-refractivity contribution in [3.63, 3.8) is 0 Å². The van der Waals surface area contributed by atoms with Crippen molar-refractivity contribution in [3.8, 4) is 5.82 Å². The third-order valence-corrected chi connectivity index (χ3v) is 2.37. The van der Waals surface area contributed by atoms with Gasteiger partial charge in [0.15, 0.2) is 11.5 Å². The summed E-state index contributed by atoms with van der Waals surface area (Å²) in [4.78, 5) is 7.97. The molecule has 0 bridgehead atoms. The molecule has 3 aromatic rings. The molecule has 0 aliphatic heterocycles. The topological polar surface area (TPSA) is 98.3 Å².